The summed E-state index contributed by atoms with van der Waals surface area (Å²) < 4.78 is 9.02. The lowest BCUT2D eigenvalue weighted by molar-refractivity contribution is 0.200. The zero-order chi connectivity index (χ0) is 33.8. The summed E-state index contributed by atoms with van der Waals surface area (Å²) in [7, 11) is 5.94. The third-order valence-electron chi connectivity index (χ3n) is 7.21. The van der Waals surface area contributed by atoms with Gasteiger partial charge in [0.25, 0.3) is 0 Å². The number of nitrogens with zero attached hydrogens (tertiary/aromatic N) is 7. The van der Waals surface area contributed by atoms with E-state index < -0.39 is 0 Å². The standard InChI is InChI=1S/C19H22N4O2.C16H16N4.C2H6/c1-14-12-17(8-9-19(14)25-11-10-24)23-13-18(20-21-23)15-4-6-16(7-5-15)22(2)3;1-12-3-9-15(10-4-12)20-11-16(18-19-20)13-5-7-14(17-2)8-6-13;1-2/h4-9,12-13,24H,10-11H2,1-3H3;3-11,17H,1-2H3;1-2H3. The Labute approximate surface area is 277 Å². The predicted molar refractivity (Wildman–Crippen MR) is 191 cm³/mol. The number of anilines is 2. The van der Waals surface area contributed by atoms with Gasteiger partial charge in [0, 0.05) is 43.6 Å². The first-order valence-electron chi connectivity index (χ1n) is 15.7. The molecule has 6 rings (SSSR count). The van der Waals surface area contributed by atoms with Crippen molar-refractivity contribution in [2.75, 3.05) is 44.6 Å². The number of hydrogen-bond donors (Lipinski definition) is 2. The van der Waals surface area contributed by atoms with Crippen molar-refractivity contribution in [2.45, 2.75) is 27.7 Å². The fourth-order valence-electron chi connectivity index (χ4n) is 4.57. The van der Waals surface area contributed by atoms with Gasteiger partial charge in [-0.05, 0) is 74.0 Å². The number of ether oxygens (including phenoxy) is 1. The van der Waals surface area contributed by atoms with Crippen LogP contribution in [-0.4, -0.2) is 69.5 Å². The number of benzene rings is 4. The number of aliphatic hydroxyl groups excluding tert-OH is 1. The van der Waals surface area contributed by atoms with Gasteiger partial charge in [-0.1, -0.05) is 66.2 Å². The Morgan fingerprint density at radius 2 is 1.26 bits per heavy atom. The van der Waals surface area contributed by atoms with E-state index in [1.807, 2.05) is 121 Å². The molecule has 10 nitrogen and oxygen atoms in total. The maximum absolute atomic E-state index is 8.86. The van der Waals surface area contributed by atoms with Crippen molar-refractivity contribution < 1.29 is 9.84 Å². The van der Waals surface area contributed by atoms with Crippen molar-refractivity contribution in [3.05, 3.63) is 115 Å². The average molecular weight is 633 g/mol. The van der Waals surface area contributed by atoms with Gasteiger partial charge in [-0.15, -0.1) is 10.2 Å². The summed E-state index contributed by atoms with van der Waals surface area (Å²) in [5.74, 6) is 0.761. The second-order valence-corrected chi connectivity index (χ2v) is 10.7. The van der Waals surface area contributed by atoms with Crippen LogP contribution >= 0.6 is 0 Å². The maximum Gasteiger partial charge on any atom is 0.122 e. The van der Waals surface area contributed by atoms with E-state index in [2.05, 4.69) is 62.0 Å². The van der Waals surface area contributed by atoms with E-state index in [-0.39, 0.29) is 13.2 Å². The van der Waals surface area contributed by atoms with Gasteiger partial charge < -0.3 is 20.1 Å². The first kappa shape index (κ1) is 34.4. The van der Waals surface area contributed by atoms with Gasteiger partial charge in [-0.25, -0.2) is 9.36 Å². The lowest BCUT2D eigenvalue weighted by Crippen LogP contribution is -2.07. The van der Waals surface area contributed by atoms with E-state index in [1.165, 1.54) is 5.56 Å². The average Bonchev–Trinajstić information content (AvgIpc) is 3.81. The van der Waals surface area contributed by atoms with Crippen molar-refractivity contribution >= 4 is 11.4 Å². The molecule has 2 heterocycles. The van der Waals surface area contributed by atoms with Crippen LogP contribution in [0.5, 0.6) is 5.75 Å². The van der Waals surface area contributed by atoms with Gasteiger partial charge in [0.05, 0.1) is 30.4 Å². The van der Waals surface area contributed by atoms with Crippen molar-refractivity contribution in [1.82, 2.24) is 30.0 Å². The van der Waals surface area contributed by atoms with Crippen molar-refractivity contribution in [3.8, 4) is 39.6 Å². The van der Waals surface area contributed by atoms with Gasteiger partial charge in [0.15, 0.2) is 0 Å². The summed E-state index contributed by atoms with van der Waals surface area (Å²) in [4.78, 5) is 2.06. The van der Waals surface area contributed by atoms with Crippen LogP contribution in [0.1, 0.15) is 25.0 Å². The predicted octanol–water partition coefficient (Wildman–Crippen LogP) is 6.99. The van der Waals surface area contributed by atoms with Gasteiger partial charge in [-0.2, -0.15) is 0 Å². The van der Waals surface area contributed by atoms with Crippen LogP contribution in [0.3, 0.4) is 0 Å². The van der Waals surface area contributed by atoms with Crippen molar-refractivity contribution in [3.63, 3.8) is 0 Å². The first-order chi connectivity index (χ1) is 22.8. The summed E-state index contributed by atoms with van der Waals surface area (Å²) in [6.07, 6.45) is 3.85. The molecule has 2 aromatic heterocycles. The molecule has 0 aliphatic heterocycles. The Bertz CT molecular complexity index is 1810. The molecular formula is C37H44N8O2. The summed E-state index contributed by atoms with van der Waals surface area (Å²) in [6.45, 7) is 8.32. The smallest absolute Gasteiger partial charge is 0.122 e. The molecule has 47 heavy (non-hydrogen) atoms. The number of hydrogen-bond acceptors (Lipinski definition) is 8. The summed E-state index contributed by atoms with van der Waals surface area (Å²) >= 11 is 0. The molecule has 244 valence electrons. The number of rotatable bonds is 9. The summed E-state index contributed by atoms with van der Waals surface area (Å²) in [5, 5.41) is 28.9. The fourth-order valence-corrected chi connectivity index (χ4v) is 4.57. The molecule has 4 aromatic carbocycles. The zero-order valence-corrected chi connectivity index (χ0v) is 28.2. The molecule has 0 radical (unpaired) electrons. The molecule has 0 aliphatic rings. The summed E-state index contributed by atoms with van der Waals surface area (Å²) in [6, 6.07) is 30.3. The SMILES string of the molecule is CC.CNc1ccc(-c2cn(-c3ccc(C)cc3)nn2)cc1.Cc1cc(-n2cc(-c3ccc(N(C)C)cc3)nn2)ccc1OCCO. The largest absolute Gasteiger partial charge is 0.491 e. The minimum Gasteiger partial charge on any atom is -0.491 e. The zero-order valence-electron chi connectivity index (χ0n) is 28.2. The molecule has 0 aliphatic carbocycles. The highest BCUT2D eigenvalue weighted by atomic mass is 16.5. The summed E-state index contributed by atoms with van der Waals surface area (Å²) in [5.41, 5.74) is 10.1. The van der Waals surface area contributed by atoms with E-state index >= 15 is 0 Å². The van der Waals surface area contributed by atoms with E-state index in [9.17, 15) is 0 Å². The second kappa shape index (κ2) is 16.7. The molecule has 0 bridgehead atoms. The van der Waals surface area contributed by atoms with E-state index in [0.717, 1.165) is 56.6 Å². The minimum atomic E-state index is 0.000238. The quantitative estimate of drug-likeness (QED) is 0.176. The Morgan fingerprint density at radius 1 is 0.723 bits per heavy atom. The molecule has 0 unspecified atom stereocenters. The molecule has 2 N–H and O–H groups in total. The molecule has 0 amide bonds. The van der Waals surface area contributed by atoms with Crippen molar-refractivity contribution in [2.24, 2.45) is 0 Å². The molecular weight excluding hydrogens is 588 g/mol. The van der Waals surface area contributed by atoms with Gasteiger partial charge in [0.2, 0.25) is 0 Å². The topological polar surface area (TPSA) is 106 Å². The van der Waals surface area contributed by atoms with Crippen molar-refractivity contribution in [1.29, 1.82) is 0 Å². The maximum atomic E-state index is 8.86. The number of aromatic nitrogens is 6. The first-order valence-corrected chi connectivity index (χ1v) is 15.7. The Morgan fingerprint density at radius 3 is 1.77 bits per heavy atom. The number of nitrogens with one attached hydrogen (secondary N) is 1. The van der Waals surface area contributed by atoms with Crippen LogP contribution in [0.2, 0.25) is 0 Å². The van der Waals surface area contributed by atoms with Crippen LogP contribution in [-0.2, 0) is 0 Å². The molecule has 0 saturated carbocycles. The molecule has 6 aromatic rings. The molecule has 0 spiro atoms. The third kappa shape index (κ3) is 9.05. The molecule has 0 saturated heterocycles. The number of aliphatic hydroxyl groups is 1. The van der Waals surface area contributed by atoms with Gasteiger partial charge >= 0.3 is 0 Å². The highest BCUT2D eigenvalue weighted by Crippen LogP contribution is 2.24. The fraction of sp³-hybridized carbons (Fsp3) is 0.243. The Balaban J connectivity index is 0.000000206. The van der Waals surface area contributed by atoms with Crippen LogP contribution in [0.25, 0.3) is 33.9 Å². The van der Waals surface area contributed by atoms with Crippen LogP contribution in [0.4, 0.5) is 11.4 Å². The van der Waals surface area contributed by atoms with Gasteiger partial charge in [-0.3, -0.25) is 0 Å². The van der Waals surface area contributed by atoms with Crippen LogP contribution in [0.15, 0.2) is 103 Å². The second-order valence-electron chi connectivity index (χ2n) is 10.7. The minimum absolute atomic E-state index is 0.000238. The molecule has 0 atom stereocenters. The lowest BCUT2D eigenvalue weighted by Gasteiger charge is -2.11. The third-order valence-corrected chi connectivity index (χ3v) is 7.21. The van der Waals surface area contributed by atoms with E-state index in [1.54, 1.807) is 9.36 Å². The highest BCUT2D eigenvalue weighted by Gasteiger charge is 2.09. The molecule has 0 fully saturated rings. The van der Waals surface area contributed by atoms with Crippen LogP contribution < -0.4 is 15.0 Å². The lowest BCUT2D eigenvalue weighted by atomic mass is 10.1. The number of aryl methyl sites for hydroxylation is 2. The molecule has 10 heteroatoms. The van der Waals surface area contributed by atoms with E-state index in [0.29, 0.717) is 0 Å². The van der Waals surface area contributed by atoms with Crippen LogP contribution in [0, 0.1) is 13.8 Å². The Hall–Kier alpha value is -5.48. The van der Waals surface area contributed by atoms with Gasteiger partial charge in [0.1, 0.15) is 23.7 Å². The normalized spacial score (nSPS) is 10.3. The Kier molecular flexibility index (Phi) is 12.2. The highest BCUT2D eigenvalue weighted by molar-refractivity contribution is 5.63. The van der Waals surface area contributed by atoms with E-state index in [4.69, 9.17) is 9.84 Å². The monoisotopic (exact) mass is 632 g/mol.